The topological polar surface area (TPSA) is 37.4 Å². The highest BCUT2D eigenvalue weighted by Crippen LogP contribution is 2.64. The number of rotatable bonds is 1. The van der Waals surface area contributed by atoms with Gasteiger partial charge < -0.3 is 0 Å². The van der Waals surface area contributed by atoms with E-state index in [1.165, 1.54) is 27.2 Å². The minimum Gasteiger partial charge on any atom is -0.274 e. The highest BCUT2D eigenvalue weighted by Gasteiger charge is 2.66. The largest absolute Gasteiger partial charge is 0.274 e. The monoisotopic (exact) mass is 443 g/mol. The normalized spacial score (nSPS) is 28.9. The SMILES string of the molecule is CC12c3ccccc3C(c3ccccc31)C1C(=O)N(c3ccc(Br)cc3)C(=O)C12. The summed E-state index contributed by atoms with van der Waals surface area (Å²) in [6.07, 6.45) is 0. The van der Waals surface area contributed by atoms with Gasteiger partial charge in [-0.05, 0) is 46.5 Å². The molecule has 0 aromatic heterocycles. The second-order valence-corrected chi connectivity index (χ2v) is 9.26. The molecule has 7 rings (SSSR count). The summed E-state index contributed by atoms with van der Waals surface area (Å²) < 4.78 is 0.921. The number of hydrogen-bond donors (Lipinski definition) is 0. The van der Waals surface area contributed by atoms with E-state index in [-0.39, 0.29) is 29.6 Å². The van der Waals surface area contributed by atoms with Crippen LogP contribution in [0.4, 0.5) is 5.69 Å². The van der Waals surface area contributed by atoms with E-state index in [0.29, 0.717) is 5.69 Å². The molecular formula is C25H18BrNO2. The maximum Gasteiger partial charge on any atom is 0.238 e. The van der Waals surface area contributed by atoms with E-state index in [1.807, 2.05) is 48.5 Å². The summed E-state index contributed by atoms with van der Waals surface area (Å²) >= 11 is 3.43. The maximum absolute atomic E-state index is 13.7. The van der Waals surface area contributed by atoms with E-state index in [4.69, 9.17) is 0 Å². The Morgan fingerprint density at radius 1 is 0.793 bits per heavy atom. The van der Waals surface area contributed by atoms with Gasteiger partial charge in [0.05, 0.1) is 17.5 Å². The summed E-state index contributed by atoms with van der Waals surface area (Å²) in [5.74, 6) is -0.984. The van der Waals surface area contributed by atoms with Crippen molar-refractivity contribution in [1.29, 1.82) is 0 Å². The van der Waals surface area contributed by atoms with Gasteiger partial charge in [-0.15, -0.1) is 0 Å². The van der Waals surface area contributed by atoms with Crippen LogP contribution in [0.25, 0.3) is 0 Å². The lowest BCUT2D eigenvalue weighted by Gasteiger charge is -2.52. The Morgan fingerprint density at radius 3 is 1.93 bits per heavy atom. The quantitative estimate of drug-likeness (QED) is 0.495. The van der Waals surface area contributed by atoms with Crippen molar-refractivity contribution in [2.45, 2.75) is 18.3 Å². The first kappa shape index (κ1) is 17.2. The van der Waals surface area contributed by atoms with Crippen molar-refractivity contribution in [3.05, 3.63) is 99.5 Å². The number of imide groups is 1. The number of carbonyl (C=O) groups is 2. The number of amides is 2. The van der Waals surface area contributed by atoms with Crippen LogP contribution in [0.1, 0.15) is 35.1 Å². The second-order valence-electron chi connectivity index (χ2n) is 8.35. The zero-order chi connectivity index (χ0) is 19.9. The van der Waals surface area contributed by atoms with E-state index in [1.54, 1.807) is 0 Å². The number of nitrogens with zero attached hydrogens (tertiary/aromatic N) is 1. The first-order chi connectivity index (χ1) is 14.0. The van der Waals surface area contributed by atoms with Gasteiger partial charge in [-0.25, -0.2) is 4.90 Å². The fourth-order valence-corrected chi connectivity index (χ4v) is 6.26. The molecule has 3 aliphatic carbocycles. The number of hydrogen-bond acceptors (Lipinski definition) is 2. The molecule has 1 fully saturated rings. The zero-order valence-corrected chi connectivity index (χ0v) is 17.4. The van der Waals surface area contributed by atoms with Gasteiger partial charge in [0.25, 0.3) is 0 Å². The van der Waals surface area contributed by atoms with Gasteiger partial charge in [0.15, 0.2) is 0 Å². The van der Waals surface area contributed by atoms with Crippen molar-refractivity contribution in [2.75, 3.05) is 4.90 Å². The summed E-state index contributed by atoms with van der Waals surface area (Å²) in [7, 11) is 0. The van der Waals surface area contributed by atoms with E-state index in [0.717, 1.165) is 4.47 Å². The summed E-state index contributed by atoms with van der Waals surface area (Å²) in [5, 5.41) is 0. The van der Waals surface area contributed by atoms with Crippen LogP contribution in [0.2, 0.25) is 0 Å². The number of halogens is 1. The minimum absolute atomic E-state index is 0.0777. The Labute approximate surface area is 177 Å². The second kappa shape index (κ2) is 5.67. The van der Waals surface area contributed by atoms with Crippen molar-refractivity contribution in [3.63, 3.8) is 0 Å². The summed E-state index contributed by atoms with van der Waals surface area (Å²) in [6, 6.07) is 24.1. The predicted octanol–water partition coefficient (Wildman–Crippen LogP) is 5.02. The maximum atomic E-state index is 13.7. The Morgan fingerprint density at radius 2 is 1.34 bits per heavy atom. The highest BCUT2D eigenvalue weighted by molar-refractivity contribution is 9.10. The molecular weight excluding hydrogens is 426 g/mol. The van der Waals surface area contributed by atoms with Crippen molar-refractivity contribution in [2.24, 2.45) is 11.8 Å². The van der Waals surface area contributed by atoms with Gasteiger partial charge in [-0.1, -0.05) is 71.4 Å². The van der Waals surface area contributed by atoms with Crippen molar-refractivity contribution in [1.82, 2.24) is 0 Å². The molecule has 4 heteroatoms. The third-order valence-electron chi connectivity index (χ3n) is 7.13. The molecule has 3 nitrogen and oxygen atoms in total. The van der Waals surface area contributed by atoms with Crippen LogP contribution in [0.15, 0.2) is 77.3 Å². The van der Waals surface area contributed by atoms with Crippen LogP contribution in [0, 0.1) is 11.8 Å². The average molecular weight is 444 g/mol. The Hall–Kier alpha value is -2.72. The van der Waals surface area contributed by atoms with Gasteiger partial charge in [0.1, 0.15) is 0 Å². The highest BCUT2D eigenvalue weighted by atomic mass is 79.9. The lowest BCUT2D eigenvalue weighted by Crippen LogP contribution is -2.51. The van der Waals surface area contributed by atoms with Crippen molar-refractivity contribution < 1.29 is 9.59 Å². The van der Waals surface area contributed by atoms with E-state index in [2.05, 4.69) is 47.1 Å². The summed E-state index contributed by atoms with van der Waals surface area (Å²) in [6.45, 7) is 2.15. The molecule has 4 aliphatic rings. The first-order valence-corrected chi connectivity index (χ1v) is 10.6. The van der Waals surface area contributed by atoms with Gasteiger partial charge in [-0.2, -0.15) is 0 Å². The molecule has 3 aromatic carbocycles. The Balaban J connectivity index is 1.61. The van der Waals surface area contributed by atoms with Crippen LogP contribution in [-0.2, 0) is 15.0 Å². The number of benzene rings is 3. The Bertz CT molecular complexity index is 1150. The molecule has 2 amide bonds. The predicted molar refractivity (Wildman–Crippen MR) is 115 cm³/mol. The molecule has 0 radical (unpaired) electrons. The van der Waals surface area contributed by atoms with Crippen LogP contribution in [0.3, 0.4) is 0 Å². The molecule has 1 aliphatic heterocycles. The van der Waals surface area contributed by atoms with Gasteiger partial charge >= 0.3 is 0 Å². The molecule has 29 heavy (non-hydrogen) atoms. The lowest BCUT2D eigenvalue weighted by atomic mass is 9.48. The van der Waals surface area contributed by atoms with E-state index < -0.39 is 5.41 Å². The Kier molecular flexibility index (Phi) is 3.35. The van der Waals surface area contributed by atoms with Crippen LogP contribution >= 0.6 is 15.9 Å². The molecule has 2 atom stereocenters. The fraction of sp³-hybridized carbons (Fsp3) is 0.200. The molecule has 1 saturated heterocycles. The molecule has 0 N–H and O–H groups in total. The number of anilines is 1. The molecule has 1 heterocycles. The van der Waals surface area contributed by atoms with E-state index in [9.17, 15) is 9.59 Å². The molecule has 3 aromatic rings. The third-order valence-corrected chi connectivity index (χ3v) is 7.66. The van der Waals surface area contributed by atoms with Crippen LogP contribution in [0.5, 0.6) is 0 Å². The fourth-order valence-electron chi connectivity index (χ4n) is 6.00. The van der Waals surface area contributed by atoms with E-state index >= 15 is 0 Å². The molecule has 142 valence electrons. The molecule has 2 unspecified atom stereocenters. The zero-order valence-electron chi connectivity index (χ0n) is 15.8. The molecule has 2 bridgehead atoms. The average Bonchev–Trinajstić information content (AvgIpc) is 3.01. The van der Waals surface area contributed by atoms with Crippen LogP contribution < -0.4 is 4.90 Å². The lowest BCUT2D eigenvalue weighted by molar-refractivity contribution is -0.123. The van der Waals surface area contributed by atoms with Gasteiger partial charge in [0, 0.05) is 15.8 Å². The molecule has 0 saturated carbocycles. The molecule has 0 spiro atoms. The first-order valence-electron chi connectivity index (χ1n) is 9.85. The van der Waals surface area contributed by atoms with Crippen molar-refractivity contribution in [3.8, 4) is 0 Å². The number of carbonyl (C=O) groups excluding carboxylic acids is 2. The van der Waals surface area contributed by atoms with Gasteiger partial charge in [0.2, 0.25) is 11.8 Å². The van der Waals surface area contributed by atoms with Gasteiger partial charge in [-0.3, -0.25) is 9.59 Å². The summed E-state index contributed by atoms with van der Waals surface area (Å²) in [4.78, 5) is 28.8. The minimum atomic E-state index is -0.510. The smallest absolute Gasteiger partial charge is 0.238 e. The van der Waals surface area contributed by atoms with Crippen molar-refractivity contribution >= 4 is 33.4 Å². The van der Waals surface area contributed by atoms with Crippen LogP contribution in [-0.4, -0.2) is 11.8 Å². The standard InChI is InChI=1S/C25H18BrNO2/c1-25-18-8-4-2-6-16(18)20(17-7-3-5-9-19(17)25)21-22(25)24(29)27(23(21)28)15-12-10-14(26)11-13-15/h2-13,20-22H,1H3. The summed E-state index contributed by atoms with van der Waals surface area (Å²) in [5.41, 5.74) is 4.88. The third kappa shape index (κ3) is 1.98.